The zero-order valence-corrected chi connectivity index (χ0v) is 64.7. The van der Waals surface area contributed by atoms with Crippen LogP contribution in [0.2, 0.25) is 13.6 Å². The Hall–Kier alpha value is -6.02. The lowest BCUT2D eigenvalue weighted by atomic mass is 9.99. The third kappa shape index (κ3) is 180. The first-order chi connectivity index (χ1) is 42.5. The van der Waals surface area contributed by atoms with Gasteiger partial charge < -0.3 is 25.2 Å². The van der Waals surface area contributed by atoms with E-state index >= 15 is 0 Å². The summed E-state index contributed by atoms with van der Waals surface area (Å²) in [5.74, 6) is -0.879. The molecule has 0 amide bonds. The molecule has 0 radical (unpaired) electrons. The van der Waals surface area contributed by atoms with Gasteiger partial charge in [-0.1, -0.05) is 441 Å². The Balaban J connectivity index is -0.0000000417. The summed E-state index contributed by atoms with van der Waals surface area (Å²) in [5, 5.41) is 38.8. The van der Waals surface area contributed by atoms with E-state index in [2.05, 4.69) is 128 Å². The number of hydrogen-bond donors (Lipinski definition) is 5. The third-order valence-corrected chi connectivity index (χ3v) is 6.66. The van der Waals surface area contributed by atoms with Crippen molar-refractivity contribution >= 4 is 20.2 Å². The lowest BCUT2D eigenvalue weighted by molar-refractivity contribution is 0.0696. The minimum absolute atomic E-state index is 0. The van der Waals surface area contributed by atoms with Crippen LogP contribution in [0.25, 0.3) is 0 Å². The predicted octanol–water partition coefficient (Wildman–Crippen LogP) is 26.9. The number of aromatic carboxylic acids is 1. The summed E-state index contributed by atoms with van der Waals surface area (Å²) in [6, 6.07) is 69.9. The van der Waals surface area contributed by atoms with E-state index < -0.39 is 20.2 Å². The van der Waals surface area contributed by atoms with Crippen LogP contribution in [0.3, 0.4) is 0 Å². The van der Waals surface area contributed by atoms with Crippen LogP contribution in [0, 0.1) is 41.5 Å². The Kier molecular flexibility index (Phi) is 215. The van der Waals surface area contributed by atoms with Crippen molar-refractivity contribution in [3.8, 4) is 0 Å². The van der Waals surface area contributed by atoms with E-state index in [-0.39, 0.29) is 7.43 Å². The van der Waals surface area contributed by atoms with Crippen LogP contribution in [0.5, 0.6) is 0 Å². The van der Waals surface area contributed by atoms with Crippen LogP contribution >= 0.6 is 0 Å². The standard InChI is InChI=1S/C7H6O2.6C7H8.C3H8.13C2H6.2CH5BO2.CH4/c8-7(9)6-4-2-1-3-5-6;6*1-7-5-3-2-4-6-7;1-3-2;13*1-2;2*1-2(3)4;/h1-5H,(H,8,9);6*2-6H,1H3;3H2,1-2H3;13*1-2H3;2*3-4H,1H3;1H4. The first-order valence-electron chi connectivity index (χ1n) is 33.7. The normalized spacial score (nSPS) is 6.70. The minimum Gasteiger partial charge on any atom is -0.478 e. The summed E-state index contributed by atoms with van der Waals surface area (Å²) < 4.78 is 0. The molecule has 8 heteroatoms. The van der Waals surface area contributed by atoms with Gasteiger partial charge in [-0.3, -0.25) is 0 Å². The van der Waals surface area contributed by atoms with E-state index in [0.29, 0.717) is 5.56 Å². The average Bonchev–Trinajstić information content (AvgIpc) is 3.59. The lowest BCUT2D eigenvalue weighted by Crippen LogP contribution is -2.00. The monoisotopic (exact) mass is 1250 g/mol. The molecule has 0 atom stereocenters. The molecule has 0 unspecified atom stereocenters. The number of carboxylic acid groups (broad SMARTS) is 1. The summed E-state index contributed by atoms with van der Waals surface area (Å²) in [4.78, 5) is 10.2. The molecule has 0 aromatic heterocycles. The maximum atomic E-state index is 10.2. The van der Waals surface area contributed by atoms with E-state index in [4.69, 9.17) is 25.2 Å². The fourth-order valence-electron chi connectivity index (χ4n) is 3.79. The van der Waals surface area contributed by atoms with Gasteiger partial charge in [0.1, 0.15) is 0 Å². The second-order valence-corrected chi connectivity index (χ2v) is 13.6. The Morgan fingerprint density at radius 1 is 0.258 bits per heavy atom. The number of hydrogen-bond acceptors (Lipinski definition) is 5. The zero-order chi connectivity index (χ0) is 73.2. The zero-order valence-electron chi connectivity index (χ0n) is 64.7. The van der Waals surface area contributed by atoms with Crippen molar-refractivity contribution in [2.24, 2.45) is 0 Å². The van der Waals surface area contributed by atoms with Gasteiger partial charge in [0.25, 0.3) is 0 Å². The molecule has 7 aromatic carbocycles. The Bertz CT molecular complexity index is 1600. The summed E-state index contributed by atoms with van der Waals surface area (Å²) >= 11 is 0. The minimum atomic E-state index is -1.17. The SMILES string of the molecule is C.CB(O)O.CB(O)O.CC.CC.CC.CC.CC.CC.CC.CC.CC.CC.CC.CC.CC.CCC.Cc1ccccc1.Cc1ccccc1.Cc1ccccc1.Cc1ccccc1.Cc1ccccc1.Cc1ccccc1.O=C(O)c1ccccc1. The number of aryl methyl sites for hydroxylation is 6. The molecule has 0 spiro atoms. The molecular weight excluding hydrogens is 1090 g/mol. The third-order valence-electron chi connectivity index (χ3n) is 6.66. The Morgan fingerprint density at radius 3 is 0.382 bits per heavy atom. The quantitative estimate of drug-likeness (QED) is 0.105. The highest BCUT2D eigenvalue weighted by Gasteiger charge is 1.96. The van der Waals surface area contributed by atoms with Crippen molar-refractivity contribution in [1.82, 2.24) is 0 Å². The summed E-state index contributed by atoms with van der Waals surface area (Å²) in [6.07, 6.45) is 1.25. The number of benzene rings is 7. The smallest absolute Gasteiger partial charge is 0.448 e. The second kappa shape index (κ2) is 149. The van der Waals surface area contributed by atoms with Gasteiger partial charge in [-0.15, -0.1) is 0 Å². The predicted molar refractivity (Wildman–Crippen MR) is 423 cm³/mol. The van der Waals surface area contributed by atoms with Gasteiger partial charge in [-0.25, -0.2) is 4.79 Å². The molecule has 0 bridgehead atoms. The van der Waals surface area contributed by atoms with Crippen molar-refractivity contribution in [2.75, 3.05) is 0 Å². The maximum Gasteiger partial charge on any atom is 0.448 e. The van der Waals surface area contributed by atoms with Gasteiger partial charge in [0.2, 0.25) is 0 Å². The fourth-order valence-corrected chi connectivity index (χ4v) is 3.79. The van der Waals surface area contributed by atoms with Gasteiger partial charge >= 0.3 is 20.2 Å². The highest BCUT2D eigenvalue weighted by Crippen LogP contribution is 1.97. The number of carbonyl (C=O) groups is 1. The fraction of sp³-hybridized carbons (Fsp3) is 0.469. The molecule has 5 N–H and O–H groups in total. The molecule has 7 rings (SSSR count). The molecular formula is C81H154B2O6. The molecule has 7 aromatic rings. The van der Waals surface area contributed by atoms with Gasteiger partial charge in [0, 0.05) is 0 Å². The largest absolute Gasteiger partial charge is 0.478 e. The van der Waals surface area contributed by atoms with Gasteiger partial charge in [-0.2, -0.15) is 0 Å². The summed E-state index contributed by atoms with van der Waals surface area (Å²) in [7, 11) is -2.33. The van der Waals surface area contributed by atoms with Crippen molar-refractivity contribution in [3.05, 3.63) is 251 Å². The molecule has 89 heavy (non-hydrogen) atoms. The molecule has 0 aliphatic heterocycles. The van der Waals surface area contributed by atoms with Crippen LogP contribution in [0.4, 0.5) is 0 Å². The van der Waals surface area contributed by atoms with E-state index in [1.807, 2.05) is 289 Å². The number of rotatable bonds is 1. The number of carboxylic acids is 1. The van der Waals surface area contributed by atoms with E-state index in [0.717, 1.165) is 0 Å². The molecule has 0 heterocycles. The van der Waals surface area contributed by atoms with Crippen LogP contribution in [0.1, 0.15) is 251 Å². The molecule has 6 nitrogen and oxygen atoms in total. The average molecular weight is 1250 g/mol. The van der Waals surface area contributed by atoms with Crippen molar-refractivity contribution < 1.29 is 30.0 Å². The van der Waals surface area contributed by atoms with Crippen LogP contribution < -0.4 is 0 Å². The van der Waals surface area contributed by atoms with E-state index in [1.54, 1.807) is 30.3 Å². The first-order valence-corrected chi connectivity index (χ1v) is 33.7. The van der Waals surface area contributed by atoms with Gasteiger partial charge in [-0.05, 0) is 67.3 Å². The van der Waals surface area contributed by atoms with Crippen molar-refractivity contribution in [3.63, 3.8) is 0 Å². The van der Waals surface area contributed by atoms with Crippen LogP contribution in [-0.4, -0.2) is 45.4 Å². The summed E-state index contributed by atoms with van der Waals surface area (Å²) in [5.41, 5.74) is 8.26. The second-order valence-electron chi connectivity index (χ2n) is 13.6. The highest BCUT2D eigenvalue weighted by atomic mass is 16.4. The molecule has 0 saturated carbocycles. The van der Waals surface area contributed by atoms with Gasteiger partial charge in [0.05, 0.1) is 5.56 Å². The lowest BCUT2D eigenvalue weighted by Gasteiger charge is -1.88. The molecule has 520 valence electrons. The molecule has 0 saturated heterocycles. The Morgan fingerprint density at radius 2 is 0.337 bits per heavy atom. The molecule has 0 fully saturated rings. The molecule has 0 aliphatic rings. The maximum absolute atomic E-state index is 10.2. The molecule has 0 aliphatic carbocycles. The van der Waals surface area contributed by atoms with Crippen LogP contribution in [-0.2, 0) is 0 Å². The van der Waals surface area contributed by atoms with Crippen molar-refractivity contribution in [1.29, 1.82) is 0 Å². The van der Waals surface area contributed by atoms with Crippen LogP contribution in [0.15, 0.2) is 212 Å². The van der Waals surface area contributed by atoms with E-state index in [9.17, 15) is 4.79 Å². The highest BCUT2D eigenvalue weighted by molar-refractivity contribution is 6.39. The van der Waals surface area contributed by atoms with Crippen molar-refractivity contribution in [2.45, 2.75) is 263 Å². The Labute approximate surface area is 561 Å². The summed E-state index contributed by atoms with van der Waals surface area (Å²) in [6.45, 7) is 71.3. The topological polar surface area (TPSA) is 118 Å². The van der Waals surface area contributed by atoms with Gasteiger partial charge in [0.15, 0.2) is 0 Å². The first kappa shape index (κ1) is 128. The van der Waals surface area contributed by atoms with E-state index in [1.165, 1.54) is 53.4 Å².